The van der Waals surface area contributed by atoms with E-state index in [1.54, 1.807) is 19.0 Å². The Labute approximate surface area is 186 Å². The molecule has 1 heterocycles. The zero-order valence-corrected chi connectivity index (χ0v) is 18.7. The van der Waals surface area contributed by atoms with E-state index in [0.717, 1.165) is 34.9 Å². The minimum absolute atomic E-state index is 0.0338. The van der Waals surface area contributed by atoms with Crippen molar-refractivity contribution >= 4 is 29.3 Å². The van der Waals surface area contributed by atoms with E-state index < -0.39 is 0 Å². The molecule has 1 saturated carbocycles. The number of carbonyl (C=O) groups excluding carboxylic acids is 1. The van der Waals surface area contributed by atoms with Gasteiger partial charge in [-0.3, -0.25) is 9.36 Å². The van der Waals surface area contributed by atoms with Crippen molar-refractivity contribution in [3.8, 4) is 11.4 Å². The quantitative estimate of drug-likeness (QED) is 0.466. The van der Waals surface area contributed by atoms with Crippen molar-refractivity contribution in [2.45, 2.75) is 42.1 Å². The van der Waals surface area contributed by atoms with Gasteiger partial charge in [-0.1, -0.05) is 78.7 Å². The lowest BCUT2D eigenvalue weighted by Crippen LogP contribution is -2.27. The minimum Gasteiger partial charge on any atom is -0.348 e. The number of nitrogens with zero attached hydrogens (tertiary/aromatic N) is 4. The number of likely N-dealkylation sites (N-methyl/N-ethyl adjacent to an activating group) is 1. The predicted molar refractivity (Wildman–Crippen MR) is 122 cm³/mol. The molecule has 0 aliphatic heterocycles. The molecule has 30 heavy (non-hydrogen) atoms. The summed E-state index contributed by atoms with van der Waals surface area (Å²) in [6.07, 6.45) is 4.54. The molecule has 0 radical (unpaired) electrons. The fourth-order valence-electron chi connectivity index (χ4n) is 3.90. The van der Waals surface area contributed by atoms with Crippen LogP contribution in [0, 0.1) is 0 Å². The van der Waals surface area contributed by atoms with Crippen LogP contribution in [0.4, 0.5) is 0 Å². The Morgan fingerprint density at radius 2 is 1.73 bits per heavy atom. The normalized spacial score (nSPS) is 15.3. The lowest BCUT2D eigenvalue weighted by molar-refractivity contribution is -0.128. The maximum Gasteiger partial charge on any atom is 0.240 e. The standard InChI is InChI=1S/C23H25ClN4OS/c1-27(2)22(29)20(16-10-4-3-5-11-16)30-23-26-25-21(18-14-8-9-15-19(18)24)28(23)17-12-6-7-13-17/h3-5,8-11,14-15,17,20H,6-7,12-13H2,1-2H3. The van der Waals surface area contributed by atoms with E-state index in [1.165, 1.54) is 24.6 Å². The molecule has 0 spiro atoms. The van der Waals surface area contributed by atoms with Crippen LogP contribution in [0.15, 0.2) is 59.8 Å². The Morgan fingerprint density at radius 1 is 1.07 bits per heavy atom. The molecule has 1 fully saturated rings. The number of aromatic nitrogens is 3. The van der Waals surface area contributed by atoms with Crippen molar-refractivity contribution < 1.29 is 4.79 Å². The monoisotopic (exact) mass is 440 g/mol. The molecule has 0 saturated heterocycles. The Hall–Kier alpha value is -2.31. The van der Waals surface area contributed by atoms with Gasteiger partial charge in [0.05, 0.1) is 5.02 Å². The van der Waals surface area contributed by atoms with E-state index >= 15 is 0 Å². The third-order valence-electron chi connectivity index (χ3n) is 5.46. The van der Waals surface area contributed by atoms with Gasteiger partial charge in [0.25, 0.3) is 0 Å². The maximum atomic E-state index is 13.0. The van der Waals surface area contributed by atoms with Gasteiger partial charge in [0, 0.05) is 25.7 Å². The van der Waals surface area contributed by atoms with Gasteiger partial charge in [0.15, 0.2) is 11.0 Å². The fraction of sp³-hybridized carbons (Fsp3) is 0.348. The first-order chi connectivity index (χ1) is 14.6. The van der Waals surface area contributed by atoms with Crippen molar-refractivity contribution in [2.24, 2.45) is 0 Å². The van der Waals surface area contributed by atoms with E-state index in [9.17, 15) is 4.79 Å². The highest BCUT2D eigenvalue weighted by atomic mass is 35.5. The summed E-state index contributed by atoms with van der Waals surface area (Å²) in [5.41, 5.74) is 1.84. The Bertz CT molecular complexity index is 1020. The minimum atomic E-state index is -0.385. The van der Waals surface area contributed by atoms with Crippen LogP contribution < -0.4 is 0 Å². The third-order valence-corrected chi connectivity index (χ3v) is 6.99. The van der Waals surface area contributed by atoms with Gasteiger partial charge < -0.3 is 4.90 Å². The molecule has 1 aliphatic carbocycles. The van der Waals surface area contributed by atoms with Gasteiger partial charge in [0.1, 0.15) is 5.25 Å². The highest BCUT2D eigenvalue weighted by Gasteiger charge is 2.30. The summed E-state index contributed by atoms with van der Waals surface area (Å²) in [7, 11) is 3.57. The van der Waals surface area contributed by atoms with Crippen molar-refractivity contribution in [1.29, 1.82) is 0 Å². The molecule has 5 nitrogen and oxygen atoms in total. The first-order valence-electron chi connectivity index (χ1n) is 10.2. The largest absolute Gasteiger partial charge is 0.348 e. The van der Waals surface area contributed by atoms with Gasteiger partial charge in [-0.05, 0) is 30.5 Å². The van der Waals surface area contributed by atoms with E-state index in [4.69, 9.17) is 11.6 Å². The predicted octanol–water partition coefficient (Wildman–Crippen LogP) is 5.64. The van der Waals surface area contributed by atoms with Gasteiger partial charge in [-0.15, -0.1) is 10.2 Å². The van der Waals surface area contributed by atoms with Crippen LogP contribution >= 0.6 is 23.4 Å². The lowest BCUT2D eigenvalue weighted by Gasteiger charge is -2.22. The summed E-state index contributed by atoms with van der Waals surface area (Å²) in [6, 6.07) is 17.9. The molecule has 1 aliphatic rings. The molecule has 1 aromatic heterocycles. The van der Waals surface area contributed by atoms with Crippen LogP contribution in [-0.4, -0.2) is 39.7 Å². The summed E-state index contributed by atoms with van der Waals surface area (Å²) in [4.78, 5) is 14.7. The number of rotatable bonds is 6. The molecular weight excluding hydrogens is 416 g/mol. The summed E-state index contributed by atoms with van der Waals surface area (Å²) in [6.45, 7) is 0. The first-order valence-corrected chi connectivity index (χ1v) is 11.4. The zero-order chi connectivity index (χ0) is 21.1. The van der Waals surface area contributed by atoms with Gasteiger partial charge in [0.2, 0.25) is 5.91 Å². The molecular formula is C23H25ClN4OS. The van der Waals surface area contributed by atoms with Crippen LogP contribution in [-0.2, 0) is 4.79 Å². The molecule has 7 heteroatoms. The summed E-state index contributed by atoms with van der Waals surface area (Å²) >= 11 is 7.96. The summed E-state index contributed by atoms with van der Waals surface area (Å²) in [5, 5.41) is 10.1. The fourth-order valence-corrected chi connectivity index (χ4v) is 5.38. The highest BCUT2D eigenvalue weighted by Crippen LogP contribution is 2.42. The van der Waals surface area contributed by atoms with E-state index in [2.05, 4.69) is 14.8 Å². The molecule has 156 valence electrons. The number of amides is 1. The van der Waals surface area contributed by atoms with Crippen molar-refractivity contribution in [1.82, 2.24) is 19.7 Å². The second-order valence-electron chi connectivity index (χ2n) is 7.74. The number of hydrogen-bond acceptors (Lipinski definition) is 4. The van der Waals surface area contributed by atoms with E-state index in [0.29, 0.717) is 11.1 Å². The molecule has 1 amide bonds. The molecule has 0 bridgehead atoms. The van der Waals surface area contributed by atoms with Crippen LogP contribution in [0.25, 0.3) is 11.4 Å². The highest BCUT2D eigenvalue weighted by molar-refractivity contribution is 8.00. The lowest BCUT2D eigenvalue weighted by atomic mass is 10.1. The second-order valence-corrected chi connectivity index (χ2v) is 9.22. The smallest absolute Gasteiger partial charge is 0.240 e. The molecule has 3 aromatic rings. The Kier molecular flexibility index (Phi) is 6.44. The number of carbonyl (C=O) groups is 1. The van der Waals surface area contributed by atoms with Gasteiger partial charge in [-0.25, -0.2) is 0 Å². The van der Waals surface area contributed by atoms with Crippen molar-refractivity contribution in [2.75, 3.05) is 14.1 Å². The number of halogens is 1. The molecule has 0 N–H and O–H groups in total. The average molecular weight is 441 g/mol. The van der Waals surface area contributed by atoms with Crippen LogP contribution in [0.5, 0.6) is 0 Å². The number of hydrogen-bond donors (Lipinski definition) is 0. The summed E-state index contributed by atoms with van der Waals surface area (Å²) < 4.78 is 2.21. The van der Waals surface area contributed by atoms with Crippen molar-refractivity contribution in [3.63, 3.8) is 0 Å². The average Bonchev–Trinajstić information content (AvgIpc) is 3.42. The molecule has 4 rings (SSSR count). The van der Waals surface area contributed by atoms with E-state index in [-0.39, 0.29) is 11.2 Å². The molecule has 1 unspecified atom stereocenters. The number of benzene rings is 2. The van der Waals surface area contributed by atoms with Crippen molar-refractivity contribution in [3.05, 3.63) is 65.2 Å². The maximum absolute atomic E-state index is 13.0. The first kappa shape index (κ1) is 20.9. The summed E-state index contributed by atoms with van der Waals surface area (Å²) in [5.74, 6) is 0.811. The molecule has 1 atom stereocenters. The second kappa shape index (κ2) is 9.23. The SMILES string of the molecule is CN(C)C(=O)C(Sc1nnc(-c2ccccc2Cl)n1C1CCCC1)c1ccccc1. The Morgan fingerprint density at radius 3 is 2.40 bits per heavy atom. The van der Waals surface area contributed by atoms with Crippen LogP contribution in [0.3, 0.4) is 0 Å². The van der Waals surface area contributed by atoms with E-state index in [1.807, 2.05) is 54.6 Å². The number of thioether (sulfide) groups is 1. The van der Waals surface area contributed by atoms with Crippen LogP contribution in [0.1, 0.15) is 42.5 Å². The topological polar surface area (TPSA) is 51.0 Å². The van der Waals surface area contributed by atoms with Gasteiger partial charge in [-0.2, -0.15) is 0 Å². The van der Waals surface area contributed by atoms with Gasteiger partial charge >= 0.3 is 0 Å². The van der Waals surface area contributed by atoms with Crippen LogP contribution in [0.2, 0.25) is 5.02 Å². The molecule has 2 aromatic carbocycles. The zero-order valence-electron chi connectivity index (χ0n) is 17.2. The Balaban J connectivity index is 1.78. The third kappa shape index (κ3) is 4.25.